The Morgan fingerprint density at radius 3 is 2.35 bits per heavy atom. The number of nitrogens with one attached hydrogen (secondary N) is 2. The van der Waals surface area contributed by atoms with Crippen molar-refractivity contribution in [2.24, 2.45) is 0 Å². The minimum atomic E-state index is -0.293. The summed E-state index contributed by atoms with van der Waals surface area (Å²) >= 11 is 1.34. The SMILES string of the molecule is CNC(=O)c1ccc(NC(=O)c2ccc(-c3ccc(F)cc3)s2)c(C)c1. The number of rotatable bonds is 4. The van der Waals surface area contributed by atoms with Gasteiger partial charge in [0.05, 0.1) is 4.88 Å². The van der Waals surface area contributed by atoms with Crippen molar-refractivity contribution in [3.63, 3.8) is 0 Å². The molecule has 1 heterocycles. The van der Waals surface area contributed by atoms with Gasteiger partial charge < -0.3 is 10.6 Å². The van der Waals surface area contributed by atoms with E-state index in [4.69, 9.17) is 0 Å². The van der Waals surface area contributed by atoms with Gasteiger partial charge in [0.15, 0.2) is 0 Å². The molecule has 2 N–H and O–H groups in total. The van der Waals surface area contributed by atoms with Gasteiger partial charge in [0.1, 0.15) is 5.82 Å². The van der Waals surface area contributed by atoms with Crippen LogP contribution < -0.4 is 10.6 Å². The molecule has 4 nitrogen and oxygen atoms in total. The van der Waals surface area contributed by atoms with Gasteiger partial charge in [-0.3, -0.25) is 9.59 Å². The second-order valence-electron chi connectivity index (χ2n) is 5.73. The van der Waals surface area contributed by atoms with Crippen LogP contribution in [0.1, 0.15) is 25.6 Å². The summed E-state index contributed by atoms with van der Waals surface area (Å²) in [5.74, 6) is -0.689. The number of halogens is 1. The van der Waals surface area contributed by atoms with Crippen LogP contribution in [-0.2, 0) is 0 Å². The predicted molar refractivity (Wildman–Crippen MR) is 102 cm³/mol. The molecule has 2 amide bonds. The molecule has 6 heteroatoms. The molecule has 0 bridgehead atoms. The third-order valence-corrected chi connectivity index (χ3v) is 5.06. The Bertz CT molecular complexity index is 964. The van der Waals surface area contributed by atoms with Crippen molar-refractivity contribution in [1.82, 2.24) is 5.32 Å². The van der Waals surface area contributed by atoms with Crippen molar-refractivity contribution in [2.75, 3.05) is 12.4 Å². The molecule has 0 aliphatic rings. The first-order chi connectivity index (χ1) is 12.5. The summed E-state index contributed by atoms with van der Waals surface area (Å²) in [4.78, 5) is 25.6. The van der Waals surface area contributed by atoms with Crippen molar-refractivity contribution in [2.45, 2.75) is 6.92 Å². The highest BCUT2D eigenvalue weighted by molar-refractivity contribution is 7.17. The van der Waals surface area contributed by atoms with Gasteiger partial charge in [-0.05, 0) is 60.5 Å². The van der Waals surface area contributed by atoms with E-state index in [1.165, 1.54) is 23.5 Å². The number of thiophene rings is 1. The summed E-state index contributed by atoms with van der Waals surface area (Å²) in [6.45, 7) is 1.83. The number of benzene rings is 2. The van der Waals surface area contributed by atoms with Crippen LogP contribution in [0.15, 0.2) is 54.6 Å². The standard InChI is InChI=1S/C20H17FN2O2S/c1-12-11-14(19(24)22-2)5-8-16(12)23-20(25)18-10-9-17(26-18)13-3-6-15(21)7-4-13/h3-11H,1-2H3,(H,22,24)(H,23,25). The largest absolute Gasteiger partial charge is 0.355 e. The number of aryl methyl sites for hydroxylation is 1. The van der Waals surface area contributed by atoms with E-state index in [0.29, 0.717) is 16.1 Å². The zero-order valence-corrected chi connectivity index (χ0v) is 15.1. The average Bonchev–Trinajstić information content (AvgIpc) is 3.13. The maximum absolute atomic E-state index is 13.0. The lowest BCUT2D eigenvalue weighted by Crippen LogP contribution is -2.18. The smallest absolute Gasteiger partial charge is 0.265 e. The fourth-order valence-corrected chi connectivity index (χ4v) is 3.41. The lowest BCUT2D eigenvalue weighted by atomic mass is 10.1. The molecule has 26 heavy (non-hydrogen) atoms. The summed E-state index contributed by atoms with van der Waals surface area (Å²) in [5.41, 5.74) is 2.86. The molecule has 0 fully saturated rings. The van der Waals surface area contributed by atoms with Gasteiger partial charge in [0.25, 0.3) is 11.8 Å². The molecule has 0 aliphatic carbocycles. The molecule has 0 saturated heterocycles. The molecule has 0 aliphatic heterocycles. The number of hydrogen-bond acceptors (Lipinski definition) is 3. The molecule has 132 valence electrons. The molecule has 1 aromatic heterocycles. The van der Waals surface area contributed by atoms with Gasteiger partial charge in [-0.15, -0.1) is 11.3 Å². The quantitative estimate of drug-likeness (QED) is 0.714. The van der Waals surface area contributed by atoms with Crippen LogP contribution in [0.25, 0.3) is 10.4 Å². The third-order valence-electron chi connectivity index (χ3n) is 3.92. The molecular formula is C20H17FN2O2S. The van der Waals surface area contributed by atoms with Crippen molar-refractivity contribution < 1.29 is 14.0 Å². The van der Waals surface area contributed by atoms with E-state index in [0.717, 1.165) is 16.0 Å². The summed E-state index contributed by atoms with van der Waals surface area (Å²) in [5, 5.41) is 5.43. The van der Waals surface area contributed by atoms with Gasteiger partial charge >= 0.3 is 0 Å². The fourth-order valence-electron chi connectivity index (χ4n) is 2.50. The number of carbonyl (C=O) groups is 2. The Morgan fingerprint density at radius 1 is 0.962 bits per heavy atom. The number of carbonyl (C=O) groups excluding carboxylic acids is 2. The molecule has 3 aromatic rings. The highest BCUT2D eigenvalue weighted by Gasteiger charge is 2.13. The van der Waals surface area contributed by atoms with Gasteiger partial charge in [-0.1, -0.05) is 12.1 Å². The average molecular weight is 368 g/mol. The Balaban J connectivity index is 1.76. The second-order valence-corrected chi connectivity index (χ2v) is 6.82. The first-order valence-corrected chi connectivity index (χ1v) is 8.79. The Morgan fingerprint density at radius 2 is 1.69 bits per heavy atom. The number of anilines is 1. The Hall–Kier alpha value is -2.99. The van der Waals surface area contributed by atoms with E-state index in [1.807, 2.05) is 13.0 Å². The monoisotopic (exact) mass is 368 g/mol. The maximum Gasteiger partial charge on any atom is 0.265 e. The Labute approximate surface area is 154 Å². The van der Waals surface area contributed by atoms with Crippen molar-refractivity contribution in [1.29, 1.82) is 0 Å². The molecule has 0 unspecified atom stereocenters. The molecule has 3 rings (SSSR count). The summed E-state index contributed by atoms with van der Waals surface area (Å²) in [6.07, 6.45) is 0. The van der Waals surface area contributed by atoms with Crippen LogP contribution in [0.4, 0.5) is 10.1 Å². The zero-order chi connectivity index (χ0) is 18.7. The normalized spacial score (nSPS) is 10.4. The lowest BCUT2D eigenvalue weighted by Gasteiger charge is -2.09. The minimum absolute atomic E-state index is 0.173. The van der Waals surface area contributed by atoms with E-state index in [2.05, 4.69) is 10.6 Å². The highest BCUT2D eigenvalue weighted by Crippen LogP contribution is 2.29. The maximum atomic E-state index is 13.0. The first-order valence-electron chi connectivity index (χ1n) is 7.98. The van der Waals surface area contributed by atoms with Crippen LogP contribution in [0.5, 0.6) is 0 Å². The van der Waals surface area contributed by atoms with Crippen molar-refractivity contribution in [3.05, 3.63) is 76.4 Å². The fraction of sp³-hybridized carbons (Fsp3) is 0.100. The number of amides is 2. The zero-order valence-electron chi connectivity index (χ0n) is 14.3. The summed E-state index contributed by atoms with van der Waals surface area (Å²) < 4.78 is 13.0. The lowest BCUT2D eigenvalue weighted by molar-refractivity contribution is 0.0962. The third kappa shape index (κ3) is 3.81. The molecule has 2 aromatic carbocycles. The van der Waals surface area contributed by atoms with Crippen molar-refractivity contribution >= 4 is 28.8 Å². The van der Waals surface area contributed by atoms with E-state index < -0.39 is 0 Å². The predicted octanol–water partition coefficient (Wildman–Crippen LogP) is 4.47. The first kappa shape index (κ1) is 17.8. The van der Waals surface area contributed by atoms with Crippen molar-refractivity contribution in [3.8, 4) is 10.4 Å². The summed E-state index contributed by atoms with van der Waals surface area (Å²) in [7, 11) is 1.57. The molecule has 0 saturated carbocycles. The molecular weight excluding hydrogens is 351 g/mol. The number of hydrogen-bond donors (Lipinski definition) is 2. The van der Waals surface area contributed by atoms with Gasteiger partial charge in [-0.2, -0.15) is 0 Å². The van der Waals surface area contributed by atoms with E-state index in [-0.39, 0.29) is 17.6 Å². The second kappa shape index (κ2) is 7.49. The van der Waals surface area contributed by atoms with Crippen LogP contribution in [0, 0.1) is 12.7 Å². The molecule has 0 radical (unpaired) electrons. The van der Waals surface area contributed by atoms with E-state index in [1.54, 1.807) is 43.4 Å². The van der Waals surface area contributed by atoms with Crippen LogP contribution >= 0.6 is 11.3 Å². The van der Waals surface area contributed by atoms with Gasteiger partial charge in [0.2, 0.25) is 0 Å². The van der Waals surface area contributed by atoms with Gasteiger partial charge in [0, 0.05) is 23.2 Å². The topological polar surface area (TPSA) is 58.2 Å². The molecule has 0 atom stereocenters. The highest BCUT2D eigenvalue weighted by atomic mass is 32.1. The summed E-state index contributed by atoms with van der Waals surface area (Å²) in [6, 6.07) is 14.9. The van der Waals surface area contributed by atoms with Crippen LogP contribution in [0.3, 0.4) is 0 Å². The van der Waals surface area contributed by atoms with Gasteiger partial charge in [-0.25, -0.2) is 4.39 Å². The van der Waals surface area contributed by atoms with E-state index in [9.17, 15) is 14.0 Å². The minimum Gasteiger partial charge on any atom is -0.355 e. The van der Waals surface area contributed by atoms with Crippen LogP contribution in [0.2, 0.25) is 0 Å². The Kier molecular flexibility index (Phi) is 5.14. The van der Waals surface area contributed by atoms with E-state index >= 15 is 0 Å². The molecule has 0 spiro atoms. The van der Waals surface area contributed by atoms with Crippen LogP contribution in [-0.4, -0.2) is 18.9 Å².